The Morgan fingerprint density at radius 1 is 1.20 bits per heavy atom. The number of nitrogens with zero attached hydrogens (tertiary/aromatic N) is 1. The van der Waals surface area contributed by atoms with Gasteiger partial charge in [-0.3, -0.25) is 9.59 Å². The first-order chi connectivity index (χ1) is 12.0. The van der Waals surface area contributed by atoms with Gasteiger partial charge in [-0.1, -0.05) is 12.1 Å². The number of para-hydroxylation sites is 1. The van der Waals surface area contributed by atoms with Gasteiger partial charge in [-0.25, -0.2) is 0 Å². The van der Waals surface area contributed by atoms with Gasteiger partial charge < -0.3 is 14.9 Å². The average molecular weight is 356 g/mol. The number of aromatic nitrogens is 1. The van der Waals surface area contributed by atoms with Gasteiger partial charge in [0, 0.05) is 24.4 Å². The van der Waals surface area contributed by atoms with E-state index >= 15 is 0 Å². The number of carbonyl (C=O) groups is 2. The predicted octanol–water partition coefficient (Wildman–Crippen LogP) is 3.39. The number of pyridine rings is 1. The van der Waals surface area contributed by atoms with Crippen LogP contribution in [0.2, 0.25) is 0 Å². The summed E-state index contributed by atoms with van der Waals surface area (Å²) in [6, 6.07) is 12.1. The number of Topliss-reactive ketones (excluding diaryl/α,β-unsaturated/α-hetero) is 1. The Bertz CT molecular complexity index is 951. The van der Waals surface area contributed by atoms with Crippen molar-refractivity contribution in [3.05, 3.63) is 59.6 Å². The van der Waals surface area contributed by atoms with Crippen LogP contribution in [0.4, 0.5) is 5.69 Å². The van der Waals surface area contributed by atoms with E-state index in [0.717, 1.165) is 11.8 Å². The molecule has 0 aliphatic rings. The minimum absolute atomic E-state index is 0.116. The molecule has 3 rings (SSSR count). The highest BCUT2D eigenvalue weighted by Crippen LogP contribution is 2.32. The molecule has 0 fully saturated rings. The van der Waals surface area contributed by atoms with E-state index in [0.29, 0.717) is 26.4 Å². The highest BCUT2D eigenvalue weighted by Gasteiger charge is 2.24. The van der Waals surface area contributed by atoms with Gasteiger partial charge in [-0.2, -0.15) is 4.73 Å². The molecule has 1 atom stereocenters. The van der Waals surface area contributed by atoms with Gasteiger partial charge in [0.1, 0.15) is 5.58 Å². The van der Waals surface area contributed by atoms with Crippen molar-refractivity contribution in [3.8, 4) is 0 Å². The Morgan fingerprint density at radius 2 is 1.92 bits per heavy atom. The highest BCUT2D eigenvalue weighted by atomic mass is 32.2. The Hall–Kier alpha value is -2.80. The summed E-state index contributed by atoms with van der Waals surface area (Å²) < 4.78 is 6.26. The third-order valence-electron chi connectivity index (χ3n) is 3.62. The van der Waals surface area contributed by atoms with E-state index in [9.17, 15) is 14.8 Å². The molecular weight excluding hydrogens is 340 g/mol. The van der Waals surface area contributed by atoms with E-state index in [-0.39, 0.29) is 17.5 Å². The van der Waals surface area contributed by atoms with Gasteiger partial charge in [0.2, 0.25) is 5.91 Å². The van der Waals surface area contributed by atoms with Crippen molar-refractivity contribution in [1.82, 2.24) is 0 Å². The number of rotatable bonds is 5. The van der Waals surface area contributed by atoms with E-state index in [2.05, 4.69) is 5.32 Å². The van der Waals surface area contributed by atoms with E-state index in [1.165, 1.54) is 13.1 Å². The van der Waals surface area contributed by atoms with Crippen LogP contribution in [-0.4, -0.2) is 16.9 Å². The van der Waals surface area contributed by atoms with Crippen molar-refractivity contribution >= 4 is 40.1 Å². The van der Waals surface area contributed by atoms with Crippen molar-refractivity contribution in [1.29, 1.82) is 0 Å². The zero-order valence-corrected chi connectivity index (χ0v) is 14.5. The number of anilines is 1. The van der Waals surface area contributed by atoms with Crippen LogP contribution >= 0.6 is 11.8 Å². The summed E-state index contributed by atoms with van der Waals surface area (Å²) in [6.07, 6.45) is 1.38. The summed E-state index contributed by atoms with van der Waals surface area (Å²) in [7, 11) is 0. The maximum atomic E-state index is 12.5. The third-order valence-corrected chi connectivity index (χ3v) is 4.74. The lowest BCUT2D eigenvalue weighted by Gasteiger charge is -2.11. The lowest BCUT2D eigenvalue weighted by atomic mass is 10.2. The smallest absolute Gasteiger partial charge is 0.252 e. The van der Waals surface area contributed by atoms with Gasteiger partial charge in [0.05, 0.1) is 10.9 Å². The van der Waals surface area contributed by atoms with Crippen LogP contribution in [-0.2, 0) is 4.79 Å². The molecule has 1 aromatic carbocycles. The van der Waals surface area contributed by atoms with E-state index in [4.69, 9.17) is 4.42 Å². The molecule has 0 saturated carbocycles. The van der Waals surface area contributed by atoms with E-state index < -0.39 is 5.25 Å². The van der Waals surface area contributed by atoms with E-state index in [1.54, 1.807) is 49.4 Å². The Labute approximate surface area is 148 Å². The molecule has 2 aromatic heterocycles. The first kappa shape index (κ1) is 17.0. The second-order valence-electron chi connectivity index (χ2n) is 5.47. The van der Waals surface area contributed by atoms with Crippen LogP contribution in [0.25, 0.3) is 11.0 Å². The summed E-state index contributed by atoms with van der Waals surface area (Å²) in [4.78, 5) is 24.4. The van der Waals surface area contributed by atoms with Crippen LogP contribution < -0.4 is 10.0 Å². The molecule has 1 amide bonds. The van der Waals surface area contributed by atoms with Crippen LogP contribution in [0.5, 0.6) is 0 Å². The number of thioether (sulfide) groups is 1. The zero-order valence-electron chi connectivity index (χ0n) is 13.7. The van der Waals surface area contributed by atoms with Crippen molar-refractivity contribution in [2.75, 3.05) is 5.32 Å². The number of fused-ring (bicyclic) bond motifs is 1. The second-order valence-corrected chi connectivity index (χ2v) is 6.83. The lowest BCUT2D eigenvalue weighted by Crippen LogP contribution is -2.30. The molecule has 0 aliphatic carbocycles. The normalized spacial score (nSPS) is 12.1. The summed E-state index contributed by atoms with van der Waals surface area (Å²) in [5.41, 5.74) is 0.896. The van der Waals surface area contributed by atoms with Gasteiger partial charge in [-0.15, -0.1) is 0 Å². The predicted molar refractivity (Wildman–Crippen MR) is 95.6 cm³/mol. The quantitative estimate of drug-likeness (QED) is 0.328. The third kappa shape index (κ3) is 3.51. The topological polar surface area (TPSA) is 86.2 Å². The fraction of sp³-hybridized carbons (Fsp3) is 0.167. The number of ketones is 1. The maximum absolute atomic E-state index is 12.5. The average Bonchev–Trinajstić information content (AvgIpc) is 2.96. The summed E-state index contributed by atoms with van der Waals surface area (Å²) >= 11 is 1.14. The number of amides is 1. The van der Waals surface area contributed by atoms with Crippen molar-refractivity contribution in [3.63, 3.8) is 0 Å². The van der Waals surface area contributed by atoms with Crippen molar-refractivity contribution in [2.24, 2.45) is 0 Å². The molecule has 2 heterocycles. The largest absolute Gasteiger partial charge is 0.618 e. The first-order valence-electron chi connectivity index (χ1n) is 7.65. The molecule has 0 unspecified atom stereocenters. The van der Waals surface area contributed by atoms with Crippen molar-refractivity contribution < 1.29 is 18.7 Å². The number of furan rings is 1. The number of nitrogens with one attached hydrogen (secondary N) is 1. The number of carbonyl (C=O) groups excluding carboxylic acids is 2. The highest BCUT2D eigenvalue weighted by molar-refractivity contribution is 8.00. The SMILES string of the molecule is CC(=O)c1oc2ccccc2c1NC(=O)[C@@H](C)Sc1cccc[n+]1[O-]. The second kappa shape index (κ2) is 6.98. The summed E-state index contributed by atoms with van der Waals surface area (Å²) in [5.74, 6) is -0.472. The molecule has 3 aromatic rings. The Balaban J connectivity index is 1.85. The molecule has 0 spiro atoms. The monoisotopic (exact) mass is 356 g/mol. The maximum Gasteiger partial charge on any atom is 0.252 e. The minimum atomic E-state index is -0.531. The van der Waals surface area contributed by atoms with Crippen molar-refractivity contribution in [2.45, 2.75) is 24.1 Å². The minimum Gasteiger partial charge on any atom is -0.618 e. The number of hydrogen-bond donors (Lipinski definition) is 1. The van der Waals surface area contributed by atoms with Crippen LogP contribution in [0.15, 0.2) is 58.1 Å². The number of hydrogen-bond acceptors (Lipinski definition) is 5. The molecule has 7 heteroatoms. The summed E-state index contributed by atoms with van der Waals surface area (Å²) in [5, 5.41) is 15.0. The molecule has 1 N–H and O–H groups in total. The van der Waals surface area contributed by atoms with Gasteiger partial charge in [0.15, 0.2) is 17.7 Å². The van der Waals surface area contributed by atoms with Gasteiger partial charge in [-0.05, 0) is 36.9 Å². The molecule has 25 heavy (non-hydrogen) atoms. The Morgan fingerprint density at radius 3 is 2.64 bits per heavy atom. The Kier molecular flexibility index (Phi) is 4.76. The lowest BCUT2D eigenvalue weighted by molar-refractivity contribution is -0.645. The molecule has 0 bridgehead atoms. The molecule has 0 saturated heterocycles. The van der Waals surface area contributed by atoms with Crippen LogP contribution in [0.1, 0.15) is 24.4 Å². The molecular formula is C18H16N2O4S. The standard InChI is InChI=1S/C18H16N2O4S/c1-11(21)17-16(13-7-3-4-8-14(13)24-17)19-18(22)12(2)25-15-9-5-6-10-20(15)23/h3-10,12H,1-2H3,(H,19,22)/t12-/m1/s1. The fourth-order valence-corrected chi connectivity index (χ4v) is 3.23. The molecule has 0 radical (unpaired) electrons. The fourth-order valence-electron chi connectivity index (χ4n) is 2.38. The molecule has 128 valence electrons. The van der Waals surface area contributed by atoms with Gasteiger partial charge in [0.25, 0.3) is 5.03 Å². The summed E-state index contributed by atoms with van der Waals surface area (Å²) in [6.45, 7) is 3.08. The molecule has 0 aliphatic heterocycles. The first-order valence-corrected chi connectivity index (χ1v) is 8.53. The zero-order chi connectivity index (χ0) is 18.0. The van der Waals surface area contributed by atoms with Crippen LogP contribution in [0.3, 0.4) is 0 Å². The van der Waals surface area contributed by atoms with Gasteiger partial charge >= 0.3 is 0 Å². The van der Waals surface area contributed by atoms with E-state index in [1.807, 2.05) is 0 Å². The molecule has 6 nitrogen and oxygen atoms in total. The number of benzene rings is 1. The van der Waals surface area contributed by atoms with Crippen LogP contribution in [0, 0.1) is 5.21 Å².